The molecule has 6 rings (SSSR count). The van der Waals surface area contributed by atoms with Crippen LogP contribution >= 0.6 is 0 Å². The average Bonchev–Trinajstić information content (AvgIpc) is 3.59. The number of imidazole rings is 1. The Bertz CT molecular complexity index is 1160. The molecule has 2 aromatic rings. The molecule has 1 unspecified atom stereocenters. The van der Waals surface area contributed by atoms with Gasteiger partial charge in [0.2, 0.25) is 5.91 Å². The highest BCUT2D eigenvalue weighted by atomic mass is 16.2. The molecule has 4 aliphatic rings. The van der Waals surface area contributed by atoms with Crippen LogP contribution in [0.2, 0.25) is 0 Å². The minimum atomic E-state index is -0.194. The number of hydrogen-bond donors (Lipinski definition) is 0. The topological polar surface area (TPSA) is 70.8 Å². The molecule has 0 saturated heterocycles. The van der Waals surface area contributed by atoms with Crippen LogP contribution in [0.15, 0.2) is 35.3 Å². The Balaban J connectivity index is 1.38. The molecule has 164 valence electrons. The number of hydrogen-bond acceptors (Lipinski definition) is 4. The SMILES string of the molecule is CC(=O)N1CCn2c(C3CC3)nc(N3CCCc4cc(C5C=CC(=O)N=C5)ccc43)c2C1. The van der Waals surface area contributed by atoms with Gasteiger partial charge in [-0.3, -0.25) is 9.59 Å². The maximum atomic E-state index is 12.1. The number of anilines is 2. The summed E-state index contributed by atoms with van der Waals surface area (Å²) in [5.74, 6) is 2.77. The third-order valence-electron chi connectivity index (χ3n) is 7.07. The zero-order valence-corrected chi connectivity index (χ0v) is 18.3. The summed E-state index contributed by atoms with van der Waals surface area (Å²) in [6, 6.07) is 6.58. The number of benzene rings is 1. The Kier molecular flexibility index (Phi) is 4.52. The van der Waals surface area contributed by atoms with Crippen LogP contribution < -0.4 is 4.90 Å². The number of amides is 2. The monoisotopic (exact) mass is 429 g/mol. The fraction of sp³-hybridized carbons (Fsp3) is 0.440. The van der Waals surface area contributed by atoms with Crippen molar-refractivity contribution < 1.29 is 9.59 Å². The van der Waals surface area contributed by atoms with Crippen molar-refractivity contribution in [3.63, 3.8) is 0 Å². The summed E-state index contributed by atoms with van der Waals surface area (Å²) in [6.07, 6.45) is 9.71. The van der Waals surface area contributed by atoms with Gasteiger partial charge in [0.25, 0.3) is 5.91 Å². The molecule has 7 heteroatoms. The first-order valence-electron chi connectivity index (χ1n) is 11.6. The Morgan fingerprint density at radius 3 is 2.78 bits per heavy atom. The number of carbonyl (C=O) groups is 2. The Labute approximate surface area is 187 Å². The van der Waals surface area contributed by atoms with Crippen molar-refractivity contribution in [3.8, 4) is 0 Å². The van der Waals surface area contributed by atoms with Crippen molar-refractivity contribution in [2.75, 3.05) is 18.0 Å². The fourth-order valence-electron chi connectivity index (χ4n) is 5.19. The van der Waals surface area contributed by atoms with Gasteiger partial charge in [-0.2, -0.15) is 0 Å². The highest BCUT2D eigenvalue weighted by Crippen LogP contribution is 2.44. The van der Waals surface area contributed by atoms with Gasteiger partial charge in [-0.15, -0.1) is 0 Å². The maximum Gasteiger partial charge on any atom is 0.269 e. The smallest absolute Gasteiger partial charge is 0.269 e. The van der Waals surface area contributed by atoms with Crippen LogP contribution in [0.5, 0.6) is 0 Å². The predicted molar refractivity (Wildman–Crippen MR) is 122 cm³/mol. The van der Waals surface area contributed by atoms with Crippen LogP contribution in [0, 0.1) is 0 Å². The molecule has 1 fully saturated rings. The van der Waals surface area contributed by atoms with Crippen LogP contribution in [0.1, 0.15) is 60.7 Å². The molecule has 0 radical (unpaired) electrons. The van der Waals surface area contributed by atoms with Crippen molar-refractivity contribution in [1.82, 2.24) is 14.5 Å². The van der Waals surface area contributed by atoms with E-state index in [0.717, 1.165) is 43.9 Å². The summed E-state index contributed by atoms with van der Waals surface area (Å²) < 4.78 is 2.38. The van der Waals surface area contributed by atoms with Gasteiger partial charge in [-0.05, 0) is 42.9 Å². The molecule has 1 aromatic carbocycles. The standard InChI is InChI=1S/C25H27N5O2/c1-16(31)28-11-12-30-22(15-28)25(27-24(30)17-4-5-17)29-10-2-3-19-13-18(6-8-21(19)29)20-7-9-23(32)26-14-20/h6-9,13-14,17,20H,2-5,10-12,15H2,1H3. The van der Waals surface area contributed by atoms with E-state index in [-0.39, 0.29) is 17.7 Å². The molecular weight excluding hydrogens is 402 g/mol. The second-order valence-electron chi connectivity index (χ2n) is 9.25. The van der Waals surface area contributed by atoms with Crippen LogP contribution in [0.3, 0.4) is 0 Å². The van der Waals surface area contributed by atoms with Crippen LogP contribution in [-0.4, -0.2) is 45.6 Å². The lowest BCUT2D eigenvalue weighted by atomic mass is 9.92. The second-order valence-corrected chi connectivity index (χ2v) is 9.25. The Morgan fingerprint density at radius 1 is 1.16 bits per heavy atom. The zero-order valence-electron chi connectivity index (χ0n) is 18.3. The van der Waals surface area contributed by atoms with Crippen LogP contribution in [0.4, 0.5) is 11.5 Å². The first-order chi connectivity index (χ1) is 15.6. The normalized spacial score (nSPS) is 22.2. The van der Waals surface area contributed by atoms with Crippen LogP contribution in [-0.2, 0) is 29.1 Å². The molecule has 2 amide bonds. The van der Waals surface area contributed by atoms with Gasteiger partial charge in [-0.25, -0.2) is 9.98 Å². The van der Waals surface area contributed by atoms with E-state index in [0.29, 0.717) is 12.5 Å². The largest absolute Gasteiger partial charge is 0.335 e. The summed E-state index contributed by atoms with van der Waals surface area (Å²) >= 11 is 0. The molecule has 1 aliphatic carbocycles. The predicted octanol–water partition coefficient (Wildman–Crippen LogP) is 3.46. The van der Waals surface area contributed by atoms with Crippen molar-refractivity contribution in [3.05, 3.63) is 53.0 Å². The zero-order chi connectivity index (χ0) is 21.8. The third kappa shape index (κ3) is 3.27. The van der Waals surface area contributed by atoms with E-state index in [2.05, 4.69) is 32.7 Å². The van der Waals surface area contributed by atoms with Crippen molar-refractivity contribution in [1.29, 1.82) is 0 Å². The molecule has 0 N–H and O–H groups in total. The number of aliphatic imine (C=N–C) groups is 1. The number of fused-ring (bicyclic) bond motifs is 2. The molecule has 1 atom stereocenters. The third-order valence-corrected chi connectivity index (χ3v) is 7.07. The Morgan fingerprint density at radius 2 is 2.03 bits per heavy atom. The van der Waals surface area contributed by atoms with E-state index in [9.17, 15) is 9.59 Å². The lowest BCUT2D eigenvalue weighted by Crippen LogP contribution is -2.38. The van der Waals surface area contributed by atoms with E-state index in [1.165, 1.54) is 35.6 Å². The number of nitrogens with zero attached hydrogens (tertiary/aromatic N) is 5. The van der Waals surface area contributed by atoms with Gasteiger partial charge in [0, 0.05) is 56.4 Å². The number of allylic oxidation sites excluding steroid dienone is 1. The van der Waals surface area contributed by atoms with E-state index in [1.807, 2.05) is 11.0 Å². The molecular formula is C25H27N5O2. The number of carbonyl (C=O) groups excluding carboxylic acids is 2. The van der Waals surface area contributed by atoms with Gasteiger partial charge in [0.05, 0.1) is 12.2 Å². The summed E-state index contributed by atoms with van der Waals surface area (Å²) in [5, 5.41) is 0. The van der Waals surface area contributed by atoms with E-state index >= 15 is 0 Å². The molecule has 7 nitrogen and oxygen atoms in total. The number of dihydropyridines is 1. The summed E-state index contributed by atoms with van der Waals surface area (Å²) in [4.78, 5) is 36.9. The van der Waals surface area contributed by atoms with Crippen molar-refractivity contribution in [2.45, 2.75) is 57.5 Å². The summed E-state index contributed by atoms with van der Waals surface area (Å²) in [7, 11) is 0. The maximum absolute atomic E-state index is 12.1. The van der Waals surface area contributed by atoms with E-state index < -0.39 is 0 Å². The molecule has 0 bridgehead atoms. The second kappa shape index (κ2) is 7.43. The highest BCUT2D eigenvalue weighted by molar-refractivity contribution is 5.98. The van der Waals surface area contributed by atoms with Crippen LogP contribution in [0.25, 0.3) is 0 Å². The lowest BCUT2D eigenvalue weighted by Gasteiger charge is -2.33. The van der Waals surface area contributed by atoms with Gasteiger partial charge in [0.1, 0.15) is 5.82 Å². The van der Waals surface area contributed by atoms with Gasteiger partial charge >= 0.3 is 0 Å². The Hall–Kier alpha value is -3.22. The van der Waals surface area contributed by atoms with Gasteiger partial charge in [0.15, 0.2) is 5.82 Å². The summed E-state index contributed by atoms with van der Waals surface area (Å²) in [5.41, 5.74) is 4.84. The molecule has 32 heavy (non-hydrogen) atoms. The molecule has 0 spiro atoms. The number of aromatic nitrogens is 2. The average molecular weight is 430 g/mol. The van der Waals surface area contributed by atoms with Gasteiger partial charge < -0.3 is 14.4 Å². The number of aryl methyl sites for hydroxylation is 1. The summed E-state index contributed by atoms with van der Waals surface area (Å²) in [6.45, 7) is 4.81. The van der Waals surface area contributed by atoms with Crippen molar-refractivity contribution >= 4 is 29.5 Å². The highest BCUT2D eigenvalue weighted by Gasteiger charge is 2.36. The minimum absolute atomic E-state index is 0.0411. The van der Waals surface area contributed by atoms with Crippen molar-refractivity contribution in [2.24, 2.45) is 4.99 Å². The molecule has 4 heterocycles. The molecule has 1 aromatic heterocycles. The van der Waals surface area contributed by atoms with E-state index in [1.54, 1.807) is 19.2 Å². The quantitative estimate of drug-likeness (QED) is 0.749. The molecule has 3 aliphatic heterocycles. The first-order valence-corrected chi connectivity index (χ1v) is 11.6. The minimum Gasteiger partial charge on any atom is -0.335 e. The fourth-order valence-corrected chi connectivity index (χ4v) is 5.19. The van der Waals surface area contributed by atoms with E-state index in [4.69, 9.17) is 4.98 Å². The lowest BCUT2D eigenvalue weighted by molar-refractivity contribution is -0.130. The molecule has 1 saturated carbocycles. The first kappa shape index (κ1) is 19.5. The van der Waals surface area contributed by atoms with Gasteiger partial charge in [-0.1, -0.05) is 18.2 Å². The number of rotatable bonds is 3.